The van der Waals surface area contributed by atoms with Crippen molar-refractivity contribution < 1.29 is 14.3 Å². The van der Waals surface area contributed by atoms with E-state index in [1.807, 2.05) is 60.7 Å². The lowest BCUT2D eigenvalue weighted by Gasteiger charge is -2.08. The molecule has 0 spiro atoms. The lowest BCUT2D eigenvalue weighted by molar-refractivity contribution is -0.119. The Morgan fingerprint density at radius 2 is 1.88 bits per heavy atom. The van der Waals surface area contributed by atoms with E-state index in [-0.39, 0.29) is 19.2 Å². The second-order valence-electron chi connectivity index (χ2n) is 5.79. The Hall–Kier alpha value is -3.54. The lowest BCUT2D eigenvalue weighted by atomic mass is 10.1. The molecule has 4 rings (SSSR count). The number of hydrazone groups is 1. The molecule has 1 aliphatic heterocycles. The van der Waals surface area contributed by atoms with Gasteiger partial charge in [0.05, 0.1) is 12.8 Å². The number of ether oxygens (including phenoxy) is 2. The number of hydrogen-bond donors (Lipinski definition) is 2. The van der Waals surface area contributed by atoms with Crippen molar-refractivity contribution in [2.45, 2.75) is 0 Å². The Kier molecular flexibility index (Phi) is 4.38. The van der Waals surface area contributed by atoms with Gasteiger partial charge in [0.2, 0.25) is 6.79 Å². The summed E-state index contributed by atoms with van der Waals surface area (Å²) in [6.07, 6.45) is 1.57. The molecule has 3 aromatic rings. The highest BCUT2D eigenvalue weighted by Crippen LogP contribution is 2.31. The molecule has 6 nitrogen and oxygen atoms in total. The molecule has 0 aromatic heterocycles. The third-order valence-corrected chi connectivity index (χ3v) is 4.03. The molecule has 0 atom stereocenters. The van der Waals surface area contributed by atoms with Gasteiger partial charge in [0, 0.05) is 11.1 Å². The molecule has 0 radical (unpaired) electrons. The first-order chi connectivity index (χ1) is 12.8. The Morgan fingerprint density at radius 1 is 1.04 bits per heavy atom. The standard InChI is InChI=1S/C20H17N3O3/c24-20(12-21-17-7-3-5-15-4-1-2-6-16(15)17)23-22-11-14-8-9-18-19(10-14)26-13-25-18/h1-11,21H,12-13H2,(H,23,24)/b22-11-. The van der Waals surface area contributed by atoms with Gasteiger partial charge in [-0.25, -0.2) is 5.43 Å². The van der Waals surface area contributed by atoms with Crippen molar-refractivity contribution in [3.63, 3.8) is 0 Å². The SMILES string of the molecule is O=C(CNc1cccc2ccccc12)N/N=C\c1ccc2c(c1)OCO2. The van der Waals surface area contributed by atoms with Gasteiger partial charge in [-0.15, -0.1) is 0 Å². The first-order valence-corrected chi connectivity index (χ1v) is 8.23. The molecule has 0 saturated heterocycles. The van der Waals surface area contributed by atoms with Crippen LogP contribution in [-0.2, 0) is 4.79 Å². The van der Waals surface area contributed by atoms with E-state index < -0.39 is 0 Å². The molecular weight excluding hydrogens is 330 g/mol. The largest absolute Gasteiger partial charge is 0.454 e. The fourth-order valence-corrected chi connectivity index (χ4v) is 2.77. The van der Waals surface area contributed by atoms with Gasteiger partial charge in [-0.2, -0.15) is 5.10 Å². The number of amides is 1. The van der Waals surface area contributed by atoms with Gasteiger partial charge in [0.25, 0.3) is 5.91 Å². The number of nitrogens with zero attached hydrogens (tertiary/aromatic N) is 1. The van der Waals surface area contributed by atoms with E-state index in [2.05, 4.69) is 15.8 Å². The lowest BCUT2D eigenvalue weighted by Crippen LogP contribution is -2.25. The molecule has 130 valence electrons. The molecule has 1 heterocycles. The van der Waals surface area contributed by atoms with Gasteiger partial charge in [-0.1, -0.05) is 36.4 Å². The summed E-state index contributed by atoms with van der Waals surface area (Å²) < 4.78 is 10.6. The fourth-order valence-electron chi connectivity index (χ4n) is 2.77. The maximum atomic E-state index is 12.0. The van der Waals surface area contributed by atoms with Crippen molar-refractivity contribution in [3.05, 3.63) is 66.2 Å². The van der Waals surface area contributed by atoms with Gasteiger partial charge in [0.15, 0.2) is 11.5 Å². The molecule has 26 heavy (non-hydrogen) atoms. The zero-order valence-electron chi connectivity index (χ0n) is 13.9. The van der Waals surface area contributed by atoms with Crippen LogP contribution >= 0.6 is 0 Å². The Labute approximate surface area is 150 Å². The van der Waals surface area contributed by atoms with E-state index in [1.165, 1.54) is 0 Å². The van der Waals surface area contributed by atoms with Crippen molar-refractivity contribution in [3.8, 4) is 11.5 Å². The summed E-state index contributed by atoms with van der Waals surface area (Å²) in [5.41, 5.74) is 4.24. The Morgan fingerprint density at radius 3 is 2.85 bits per heavy atom. The number of hydrogen-bond acceptors (Lipinski definition) is 5. The molecule has 0 unspecified atom stereocenters. The van der Waals surface area contributed by atoms with Crippen LogP contribution in [0.3, 0.4) is 0 Å². The van der Waals surface area contributed by atoms with E-state index in [1.54, 1.807) is 6.21 Å². The van der Waals surface area contributed by atoms with E-state index >= 15 is 0 Å². The first-order valence-electron chi connectivity index (χ1n) is 8.23. The average Bonchev–Trinajstić information content (AvgIpc) is 3.14. The zero-order chi connectivity index (χ0) is 17.8. The number of benzene rings is 3. The van der Waals surface area contributed by atoms with E-state index in [0.29, 0.717) is 11.5 Å². The normalized spacial score (nSPS) is 12.5. The molecule has 3 aromatic carbocycles. The minimum atomic E-state index is -0.227. The molecule has 1 amide bonds. The predicted molar refractivity (Wildman–Crippen MR) is 101 cm³/mol. The summed E-state index contributed by atoms with van der Waals surface area (Å²) in [6.45, 7) is 0.360. The van der Waals surface area contributed by atoms with Gasteiger partial charge in [0.1, 0.15) is 0 Å². The number of fused-ring (bicyclic) bond motifs is 2. The van der Waals surface area contributed by atoms with E-state index in [4.69, 9.17) is 9.47 Å². The highest BCUT2D eigenvalue weighted by atomic mass is 16.7. The molecule has 0 aliphatic carbocycles. The second kappa shape index (κ2) is 7.14. The third-order valence-electron chi connectivity index (χ3n) is 4.03. The average molecular weight is 347 g/mol. The maximum absolute atomic E-state index is 12.0. The summed E-state index contributed by atoms with van der Waals surface area (Å²) in [5, 5.41) is 9.33. The summed E-state index contributed by atoms with van der Waals surface area (Å²) in [4.78, 5) is 12.0. The van der Waals surface area contributed by atoms with Crippen LogP contribution in [0.5, 0.6) is 11.5 Å². The first kappa shape index (κ1) is 16.0. The second-order valence-corrected chi connectivity index (χ2v) is 5.79. The summed E-state index contributed by atoms with van der Waals surface area (Å²) in [6, 6.07) is 19.4. The molecule has 0 saturated carbocycles. The molecule has 6 heteroatoms. The van der Waals surface area contributed by atoms with Gasteiger partial charge >= 0.3 is 0 Å². The van der Waals surface area contributed by atoms with Crippen LogP contribution in [-0.4, -0.2) is 25.5 Å². The summed E-state index contributed by atoms with van der Waals surface area (Å²) in [7, 11) is 0. The molecule has 0 bridgehead atoms. The van der Waals surface area contributed by atoms with Crippen LogP contribution in [0.2, 0.25) is 0 Å². The highest BCUT2D eigenvalue weighted by Gasteiger charge is 2.12. The topological polar surface area (TPSA) is 72.0 Å². The van der Waals surface area contributed by atoms with Gasteiger partial charge in [-0.3, -0.25) is 4.79 Å². The third kappa shape index (κ3) is 3.44. The Bertz CT molecular complexity index is 980. The predicted octanol–water partition coefficient (Wildman–Crippen LogP) is 3.13. The van der Waals surface area contributed by atoms with Crippen molar-refractivity contribution in [2.75, 3.05) is 18.7 Å². The van der Waals surface area contributed by atoms with Crippen LogP contribution < -0.4 is 20.2 Å². The smallest absolute Gasteiger partial charge is 0.259 e. The fraction of sp³-hybridized carbons (Fsp3) is 0.100. The highest BCUT2D eigenvalue weighted by molar-refractivity contribution is 5.95. The van der Waals surface area contributed by atoms with Crippen molar-refractivity contribution in [1.82, 2.24) is 5.43 Å². The quantitative estimate of drug-likeness (QED) is 0.549. The monoisotopic (exact) mass is 347 g/mol. The summed E-state index contributed by atoms with van der Waals surface area (Å²) >= 11 is 0. The number of carbonyl (C=O) groups excluding carboxylic acids is 1. The zero-order valence-corrected chi connectivity index (χ0v) is 13.9. The van der Waals surface area contributed by atoms with Crippen LogP contribution in [0, 0.1) is 0 Å². The molecule has 1 aliphatic rings. The van der Waals surface area contributed by atoms with Crippen LogP contribution in [0.4, 0.5) is 5.69 Å². The minimum absolute atomic E-state index is 0.131. The number of rotatable bonds is 5. The summed E-state index contributed by atoms with van der Waals surface area (Å²) in [5.74, 6) is 1.17. The van der Waals surface area contributed by atoms with Gasteiger partial charge in [-0.05, 0) is 35.2 Å². The van der Waals surface area contributed by atoms with Crippen LogP contribution in [0.1, 0.15) is 5.56 Å². The minimum Gasteiger partial charge on any atom is -0.454 e. The van der Waals surface area contributed by atoms with Crippen LogP contribution in [0.25, 0.3) is 10.8 Å². The number of carbonyl (C=O) groups is 1. The van der Waals surface area contributed by atoms with E-state index in [9.17, 15) is 4.79 Å². The van der Waals surface area contributed by atoms with Crippen molar-refractivity contribution >= 4 is 28.6 Å². The Balaban J connectivity index is 1.34. The van der Waals surface area contributed by atoms with Crippen molar-refractivity contribution in [1.29, 1.82) is 0 Å². The number of nitrogens with one attached hydrogen (secondary N) is 2. The molecule has 2 N–H and O–H groups in total. The van der Waals surface area contributed by atoms with E-state index in [0.717, 1.165) is 22.0 Å². The number of anilines is 1. The van der Waals surface area contributed by atoms with Crippen LogP contribution in [0.15, 0.2) is 65.8 Å². The van der Waals surface area contributed by atoms with Crippen molar-refractivity contribution in [2.24, 2.45) is 5.10 Å². The molecule has 0 fully saturated rings. The van der Waals surface area contributed by atoms with Gasteiger partial charge < -0.3 is 14.8 Å². The molecular formula is C20H17N3O3. The maximum Gasteiger partial charge on any atom is 0.259 e.